The molecule has 11 heteroatoms. The Kier molecular flexibility index (Phi) is 4.93. The second-order valence-corrected chi connectivity index (χ2v) is 5.68. The molecular weight excluding hydrogens is 369 g/mol. The minimum Gasteiger partial charge on any atom is -0.493 e. The molecule has 0 aliphatic rings. The Hall–Kier alpha value is -3.24. The maximum Gasteiger partial charge on any atom is 0.573 e. The molecule has 0 spiro atoms. The van der Waals surface area contributed by atoms with E-state index in [4.69, 9.17) is 4.74 Å². The second-order valence-electron chi connectivity index (χ2n) is 5.68. The van der Waals surface area contributed by atoms with Crippen molar-refractivity contribution in [2.24, 2.45) is 7.05 Å². The molecule has 0 saturated heterocycles. The first-order valence-electron chi connectivity index (χ1n) is 7.89. The summed E-state index contributed by atoms with van der Waals surface area (Å²) in [7, 11) is 1.49. The molecule has 0 unspecified atom stereocenters. The fourth-order valence-corrected chi connectivity index (χ4v) is 2.46. The maximum atomic E-state index is 12.2. The van der Waals surface area contributed by atoms with Crippen molar-refractivity contribution in [1.29, 1.82) is 0 Å². The van der Waals surface area contributed by atoms with Crippen LogP contribution in [0.15, 0.2) is 33.9 Å². The number of hydrogen-bond donors (Lipinski definition) is 2. The highest BCUT2D eigenvalue weighted by molar-refractivity contribution is 5.69. The molecule has 0 aliphatic heterocycles. The Morgan fingerprint density at radius 2 is 1.93 bits per heavy atom. The zero-order valence-electron chi connectivity index (χ0n) is 14.1. The van der Waals surface area contributed by atoms with Crippen LogP contribution in [0.3, 0.4) is 0 Å². The van der Waals surface area contributed by atoms with Crippen LogP contribution < -0.4 is 20.7 Å². The van der Waals surface area contributed by atoms with Crippen molar-refractivity contribution in [1.82, 2.24) is 19.5 Å². The molecule has 3 aromatic rings. The van der Waals surface area contributed by atoms with E-state index in [1.54, 1.807) is 0 Å². The highest BCUT2D eigenvalue weighted by atomic mass is 19.4. The summed E-state index contributed by atoms with van der Waals surface area (Å²) in [4.78, 5) is 32.5. The lowest BCUT2D eigenvalue weighted by Gasteiger charge is -2.10. The van der Waals surface area contributed by atoms with Crippen LogP contribution in [-0.4, -0.2) is 32.5 Å². The number of alkyl halides is 3. The first kappa shape index (κ1) is 18.5. The van der Waals surface area contributed by atoms with Crippen molar-refractivity contribution >= 4 is 11.2 Å². The second kappa shape index (κ2) is 7.17. The van der Waals surface area contributed by atoms with Gasteiger partial charge in [0.2, 0.25) is 0 Å². The van der Waals surface area contributed by atoms with Gasteiger partial charge in [-0.25, -0.2) is 9.78 Å². The summed E-state index contributed by atoms with van der Waals surface area (Å²) >= 11 is 0. The third-order valence-electron chi connectivity index (χ3n) is 3.67. The standard InChI is InChI=1S/C16H15F3N4O4/c1-23-13-12(14(24)22-15(23)25)20-11(21-13)6-3-7-26-9-4-2-5-10(8-9)27-16(17,18)19/h2,4-5,8H,3,6-7H2,1H3,(H,20,21)(H,22,24,25). The number of nitrogens with zero attached hydrogens (tertiary/aromatic N) is 2. The van der Waals surface area contributed by atoms with Gasteiger partial charge >= 0.3 is 12.1 Å². The first-order chi connectivity index (χ1) is 12.7. The fourth-order valence-electron chi connectivity index (χ4n) is 2.46. The number of halogens is 3. The van der Waals surface area contributed by atoms with Crippen molar-refractivity contribution in [2.75, 3.05) is 6.61 Å². The molecule has 2 heterocycles. The maximum absolute atomic E-state index is 12.2. The molecule has 0 saturated carbocycles. The van der Waals surface area contributed by atoms with Gasteiger partial charge in [0.05, 0.1) is 6.61 Å². The molecule has 2 aromatic heterocycles. The summed E-state index contributed by atoms with van der Waals surface area (Å²) < 4.78 is 47.1. The minimum atomic E-state index is -4.77. The third-order valence-corrected chi connectivity index (χ3v) is 3.67. The molecule has 0 bridgehead atoms. The monoisotopic (exact) mass is 384 g/mol. The van der Waals surface area contributed by atoms with Crippen LogP contribution in [0.5, 0.6) is 11.5 Å². The summed E-state index contributed by atoms with van der Waals surface area (Å²) in [6.45, 7) is 0.210. The number of fused-ring (bicyclic) bond motifs is 1. The molecule has 0 fully saturated rings. The molecule has 1 aromatic carbocycles. The summed E-state index contributed by atoms with van der Waals surface area (Å²) in [5.41, 5.74) is -0.666. The van der Waals surface area contributed by atoms with Crippen LogP contribution in [-0.2, 0) is 13.5 Å². The van der Waals surface area contributed by atoms with Crippen LogP contribution in [0.4, 0.5) is 13.2 Å². The van der Waals surface area contributed by atoms with Gasteiger partial charge in [-0.2, -0.15) is 0 Å². The van der Waals surface area contributed by atoms with Crippen LogP contribution in [0.25, 0.3) is 11.2 Å². The highest BCUT2D eigenvalue weighted by Crippen LogP contribution is 2.26. The van der Waals surface area contributed by atoms with Crippen molar-refractivity contribution in [3.63, 3.8) is 0 Å². The SMILES string of the molecule is Cn1c(=O)[nH]c(=O)c2[nH]c(CCCOc3cccc(OC(F)(F)F)c3)nc21. The lowest BCUT2D eigenvalue weighted by molar-refractivity contribution is -0.274. The third kappa shape index (κ3) is 4.49. The Labute approximate surface area is 149 Å². The number of benzene rings is 1. The van der Waals surface area contributed by atoms with E-state index >= 15 is 0 Å². The molecule has 0 atom stereocenters. The van der Waals surface area contributed by atoms with Gasteiger partial charge in [-0.1, -0.05) is 6.07 Å². The molecule has 144 valence electrons. The molecule has 27 heavy (non-hydrogen) atoms. The smallest absolute Gasteiger partial charge is 0.493 e. The van der Waals surface area contributed by atoms with Crippen molar-refractivity contribution in [3.8, 4) is 11.5 Å². The van der Waals surface area contributed by atoms with E-state index in [1.807, 2.05) is 0 Å². The van der Waals surface area contributed by atoms with Gasteiger partial charge in [-0.15, -0.1) is 13.2 Å². The molecular formula is C16H15F3N4O4. The topological polar surface area (TPSA) is 102 Å². The largest absolute Gasteiger partial charge is 0.573 e. The van der Waals surface area contributed by atoms with Crippen LogP contribution in [0.1, 0.15) is 12.2 Å². The number of aromatic amines is 2. The molecule has 0 aliphatic carbocycles. The zero-order valence-corrected chi connectivity index (χ0v) is 14.1. The number of imidazole rings is 1. The highest BCUT2D eigenvalue weighted by Gasteiger charge is 2.31. The molecule has 0 radical (unpaired) electrons. The number of aryl methyl sites for hydroxylation is 2. The van der Waals surface area contributed by atoms with Gasteiger partial charge in [0.25, 0.3) is 5.56 Å². The number of aromatic nitrogens is 4. The Morgan fingerprint density at radius 1 is 1.19 bits per heavy atom. The average molecular weight is 384 g/mol. The number of rotatable bonds is 6. The number of ether oxygens (including phenoxy) is 2. The fraction of sp³-hybridized carbons (Fsp3) is 0.312. The van der Waals surface area contributed by atoms with Crippen molar-refractivity contribution in [3.05, 3.63) is 50.9 Å². The summed E-state index contributed by atoms with van der Waals surface area (Å²) in [6.07, 6.45) is -3.87. The van der Waals surface area contributed by atoms with Gasteiger partial charge in [-0.05, 0) is 18.6 Å². The predicted octanol–water partition coefficient (Wildman–Crippen LogP) is 1.86. The average Bonchev–Trinajstić information content (AvgIpc) is 3.01. The summed E-state index contributed by atoms with van der Waals surface area (Å²) in [5, 5.41) is 0. The molecule has 3 rings (SSSR count). The van der Waals surface area contributed by atoms with E-state index in [1.165, 1.54) is 29.8 Å². The Morgan fingerprint density at radius 3 is 2.67 bits per heavy atom. The lowest BCUT2D eigenvalue weighted by atomic mass is 10.3. The zero-order chi connectivity index (χ0) is 19.6. The Balaban J connectivity index is 1.59. The summed E-state index contributed by atoms with van der Waals surface area (Å²) in [6, 6.07) is 5.22. The Bertz CT molecular complexity index is 1070. The normalized spacial score (nSPS) is 11.7. The van der Waals surface area contributed by atoms with Crippen LogP contribution >= 0.6 is 0 Å². The van der Waals surface area contributed by atoms with E-state index in [-0.39, 0.29) is 29.3 Å². The van der Waals surface area contributed by atoms with Gasteiger partial charge in [0.15, 0.2) is 5.65 Å². The minimum absolute atomic E-state index is 0.199. The first-order valence-corrected chi connectivity index (χ1v) is 7.89. The molecule has 8 nitrogen and oxygen atoms in total. The molecule has 2 N–H and O–H groups in total. The van der Waals surface area contributed by atoms with Gasteiger partial charge in [-0.3, -0.25) is 14.3 Å². The molecule has 0 amide bonds. The number of H-pyrrole nitrogens is 2. The lowest BCUT2D eigenvalue weighted by Crippen LogP contribution is -2.28. The number of nitrogens with one attached hydrogen (secondary N) is 2. The summed E-state index contributed by atoms with van der Waals surface area (Å²) in [5.74, 6) is 0.368. The van der Waals surface area contributed by atoms with Crippen LogP contribution in [0.2, 0.25) is 0 Å². The van der Waals surface area contributed by atoms with E-state index < -0.39 is 17.6 Å². The van der Waals surface area contributed by atoms with E-state index in [2.05, 4.69) is 19.7 Å². The van der Waals surface area contributed by atoms with E-state index in [0.29, 0.717) is 18.7 Å². The van der Waals surface area contributed by atoms with Crippen LogP contribution in [0, 0.1) is 0 Å². The van der Waals surface area contributed by atoms with Gasteiger partial charge in [0.1, 0.15) is 22.8 Å². The quantitative estimate of drug-likeness (QED) is 0.632. The van der Waals surface area contributed by atoms with Crippen molar-refractivity contribution < 1.29 is 22.6 Å². The number of hydrogen-bond acceptors (Lipinski definition) is 5. The van der Waals surface area contributed by atoms with E-state index in [0.717, 1.165) is 6.07 Å². The van der Waals surface area contributed by atoms with Gasteiger partial charge < -0.3 is 14.5 Å². The van der Waals surface area contributed by atoms with Gasteiger partial charge in [0, 0.05) is 19.5 Å². The van der Waals surface area contributed by atoms with Crippen molar-refractivity contribution in [2.45, 2.75) is 19.2 Å². The predicted molar refractivity (Wildman–Crippen MR) is 88.9 cm³/mol. The van der Waals surface area contributed by atoms with E-state index in [9.17, 15) is 22.8 Å².